The highest BCUT2D eigenvalue weighted by molar-refractivity contribution is 5.12. The summed E-state index contributed by atoms with van der Waals surface area (Å²) in [6.07, 6.45) is 3.70. The maximum Gasteiger partial charge on any atom is -0.00247 e. The molecule has 71 valence electrons. The molecule has 0 heterocycles. The van der Waals surface area contributed by atoms with Crippen LogP contribution in [0.1, 0.15) is 18.4 Å². The van der Waals surface area contributed by atoms with Crippen molar-refractivity contribution in [1.29, 1.82) is 0 Å². The van der Waals surface area contributed by atoms with Gasteiger partial charge >= 0.3 is 0 Å². The number of aryl methyl sites for hydroxylation is 1. The minimum atomic E-state index is 1.16. The quantitative estimate of drug-likeness (QED) is 0.623. The molecule has 0 N–H and O–H groups in total. The number of unbranched alkanes of at least 4 members (excludes halogenated alkanes) is 1. The van der Waals surface area contributed by atoms with Crippen LogP contribution in [0, 0.1) is 6.07 Å². The zero-order valence-corrected chi connectivity index (χ0v) is 8.59. The molecular weight excluding hydrogens is 158 g/mol. The largest absolute Gasteiger partial charge is 0.309 e. The van der Waals surface area contributed by atoms with E-state index in [9.17, 15) is 0 Å². The summed E-state index contributed by atoms with van der Waals surface area (Å²) in [5, 5.41) is 0. The van der Waals surface area contributed by atoms with Gasteiger partial charge in [-0.2, -0.15) is 0 Å². The van der Waals surface area contributed by atoms with Gasteiger partial charge in [-0.1, -0.05) is 24.3 Å². The average molecular weight is 176 g/mol. The molecule has 0 amide bonds. The third kappa shape index (κ3) is 4.69. The Labute approximate surface area is 81.4 Å². The predicted octanol–water partition coefficient (Wildman–Crippen LogP) is 2.37. The summed E-state index contributed by atoms with van der Waals surface area (Å²) < 4.78 is 0. The molecule has 1 nitrogen and oxygen atoms in total. The van der Waals surface area contributed by atoms with Gasteiger partial charge in [0.15, 0.2) is 0 Å². The normalized spacial score (nSPS) is 10.7. The molecule has 1 rings (SSSR count). The fourth-order valence-electron chi connectivity index (χ4n) is 1.33. The summed E-state index contributed by atoms with van der Waals surface area (Å²) in [5.74, 6) is 0. The third-order valence-corrected chi connectivity index (χ3v) is 2.07. The van der Waals surface area contributed by atoms with Crippen molar-refractivity contribution < 1.29 is 0 Å². The topological polar surface area (TPSA) is 3.24 Å². The molecule has 0 aliphatic rings. The van der Waals surface area contributed by atoms with Crippen LogP contribution in [0.4, 0.5) is 0 Å². The van der Waals surface area contributed by atoms with Gasteiger partial charge in [0.1, 0.15) is 0 Å². The van der Waals surface area contributed by atoms with Gasteiger partial charge in [0.2, 0.25) is 0 Å². The molecule has 0 saturated carbocycles. The number of nitrogens with zero attached hydrogens (tertiary/aromatic N) is 1. The predicted molar refractivity (Wildman–Crippen MR) is 56.8 cm³/mol. The maximum absolute atomic E-state index is 3.24. The molecule has 0 saturated heterocycles. The van der Waals surface area contributed by atoms with Crippen LogP contribution >= 0.6 is 0 Å². The molecule has 0 aliphatic carbocycles. The van der Waals surface area contributed by atoms with E-state index in [1.165, 1.54) is 24.9 Å². The lowest BCUT2D eigenvalue weighted by atomic mass is 10.1. The fourth-order valence-corrected chi connectivity index (χ4v) is 1.33. The molecule has 0 aliphatic heterocycles. The summed E-state index contributed by atoms with van der Waals surface area (Å²) in [7, 11) is 4.24. The second-order valence-corrected chi connectivity index (χ2v) is 3.65. The molecule has 1 aromatic carbocycles. The summed E-state index contributed by atoms with van der Waals surface area (Å²) in [6, 6.07) is 11.5. The smallest absolute Gasteiger partial charge is 0.00247 e. The number of benzene rings is 1. The molecule has 1 heteroatoms. The van der Waals surface area contributed by atoms with E-state index in [2.05, 4.69) is 37.2 Å². The molecule has 0 aromatic heterocycles. The third-order valence-electron chi connectivity index (χ3n) is 2.07. The summed E-state index contributed by atoms with van der Waals surface area (Å²) >= 11 is 0. The van der Waals surface area contributed by atoms with Crippen LogP contribution in [0.2, 0.25) is 0 Å². The lowest BCUT2D eigenvalue weighted by molar-refractivity contribution is 0.394. The van der Waals surface area contributed by atoms with Gasteiger partial charge < -0.3 is 4.90 Å². The molecule has 0 bridgehead atoms. The second-order valence-electron chi connectivity index (χ2n) is 3.65. The fraction of sp³-hybridized carbons (Fsp3) is 0.500. The van der Waals surface area contributed by atoms with E-state index in [1.807, 2.05) is 12.1 Å². The van der Waals surface area contributed by atoms with Crippen LogP contribution in [0.3, 0.4) is 0 Å². The lowest BCUT2D eigenvalue weighted by Crippen LogP contribution is -2.12. The molecule has 1 aromatic rings. The minimum absolute atomic E-state index is 1.16. The standard InChI is InChI=1S/C12H18N/c1-13(2)11-7-6-10-12-8-4-3-5-9-12/h3-5,8H,6-7,10-11H2,1-2H3. The van der Waals surface area contributed by atoms with Crippen LogP contribution in [-0.2, 0) is 6.42 Å². The maximum atomic E-state index is 3.24. The monoisotopic (exact) mass is 176 g/mol. The van der Waals surface area contributed by atoms with Crippen molar-refractivity contribution in [3.8, 4) is 0 Å². The highest BCUT2D eigenvalue weighted by atomic mass is 15.0. The first-order valence-electron chi connectivity index (χ1n) is 4.89. The van der Waals surface area contributed by atoms with E-state index < -0.39 is 0 Å². The number of hydrogen-bond acceptors (Lipinski definition) is 1. The Morgan fingerprint density at radius 2 is 2.08 bits per heavy atom. The minimum Gasteiger partial charge on any atom is -0.309 e. The molecule has 1 radical (unpaired) electrons. The summed E-state index contributed by atoms with van der Waals surface area (Å²) in [6.45, 7) is 1.19. The van der Waals surface area contributed by atoms with Crippen molar-refractivity contribution in [2.24, 2.45) is 0 Å². The van der Waals surface area contributed by atoms with Crippen LogP contribution in [0.5, 0.6) is 0 Å². The van der Waals surface area contributed by atoms with Gasteiger partial charge in [0.25, 0.3) is 0 Å². The molecule has 0 unspecified atom stereocenters. The van der Waals surface area contributed by atoms with Crippen LogP contribution in [0.15, 0.2) is 24.3 Å². The second kappa shape index (κ2) is 5.76. The van der Waals surface area contributed by atoms with Crippen molar-refractivity contribution >= 4 is 0 Å². The molecule has 0 spiro atoms. The van der Waals surface area contributed by atoms with Gasteiger partial charge in [0.05, 0.1) is 0 Å². The van der Waals surface area contributed by atoms with E-state index in [1.54, 1.807) is 0 Å². The van der Waals surface area contributed by atoms with E-state index in [0.717, 1.165) is 6.42 Å². The number of rotatable bonds is 5. The Kier molecular flexibility index (Phi) is 4.55. The Morgan fingerprint density at radius 3 is 2.69 bits per heavy atom. The van der Waals surface area contributed by atoms with Gasteiger partial charge in [-0.05, 0) is 51.5 Å². The van der Waals surface area contributed by atoms with E-state index >= 15 is 0 Å². The first kappa shape index (κ1) is 10.3. The average Bonchev–Trinajstić information content (AvgIpc) is 2.14. The Balaban J connectivity index is 2.13. The highest BCUT2D eigenvalue weighted by Crippen LogP contribution is 2.03. The van der Waals surface area contributed by atoms with E-state index in [-0.39, 0.29) is 0 Å². The van der Waals surface area contributed by atoms with Gasteiger partial charge in [-0.3, -0.25) is 0 Å². The van der Waals surface area contributed by atoms with Gasteiger partial charge in [0, 0.05) is 0 Å². The Morgan fingerprint density at radius 1 is 1.23 bits per heavy atom. The Hall–Kier alpha value is -0.820. The Bertz CT molecular complexity index is 216. The van der Waals surface area contributed by atoms with Crippen molar-refractivity contribution in [2.45, 2.75) is 19.3 Å². The first-order valence-corrected chi connectivity index (χ1v) is 4.89. The first-order chi connectivity index (χ1) is 6.29. The highest BCUT2D eigenvalue weighted by Gasteiger charge is 1.93. The van der Waals surface area contributed by atoms with Crippen molar-refractivity contribution in [3.05, 3.63) is 35.9 Å². The van der Waals surface area contributed by atoms with Gasteiger partial charge in [-0.15, -0.1) is 0 Å². The van der Waals surface area contributed by atoms with Crippen LogP contribution in [-0.4, -0.2) is 25.5 Å². The lowest BCUT2D eigenvalue weighted by Gasteiger charge is -2.08. The summed E-state index contributed by atoms with van der Waals surface area (Å²) in [5.41, 5.74) is 1.33. The van der Waals surface area contributed by atoms with E-state index in [0.29, 0.717) is 0 Å². The molecule has 0 atom stereocenters. The molecule has 0 fully saturated rings. The van der Waals surface area contributed by atoms with Crippen molar-refractivity contribution in [1.82, 2.24) is 4.90 Å². The van der Waals surface area contributed by atoms with Crippen LogP contribution in [0.25, 0.3) is 0 Å². The van der Waals surface area contributed by atoms with Gasteiger partial charge in [-0.25, -0.2) is 0 Å². The zero-order chi connectivity index (χ0) is 9.52. The number of hydrogen-bond donors (Lipinski definition) is 0. The summed E-state index contributed by atoms with van der Waals surface area (Å²) in [4.78, 5) is 2.23. The van der Waals surface area contributed by atoms with E-state index in [4.69, 9.17) is 0 Å². The molecule has 13 heavy (non-hydrogen) atoms. The SMILES string of the molecule is CN(C)CCCCc1[c]cccc1. The van der Waals surface area contributed by atoms with Crippen molar-refractivity contribution in [3.63, 3.8) is 0 Å². The molecular formula is C12H18N. The van der Waals surface area contributed by atoms with Crippen LogP contribution < -0.4 is 0 Å². The van der Waals surface area contributed by atoms with Crippen molar-refractivity contribution in [2.75, 3.05) is 20.6 Å². The zero-order valence-electron chi connectivity index (χ0n) is 8.59.